The third-order valence-corrected chi connectivity index (χ3v) is 4.03. The number of hydrogen-bond donors (Lipinski definition) is 1. The zero-order valence-corrected chi connectivity index (χ0v) is 14.6. The van der Waals surface area contributed by atoms with E-state index < -0.39 is 6.03 Å². The molecular formula is C17H19N5O4. The minimum atomic E-state index is -0.465. The highest BCUT2D eigenvalue weighted by atomic mass is 16.4. The molecule has 0 bridgehead atoms. The van der Waals surface area contributed by atoms with Crippen LogP contribution in [0.1, 0.15) is 36.0 Å². The predicted octanol–water partition coefficient (Wildman–Crippen LogP) is 1.35. The molecule has 2 aromatic rings. The molecule has 1 aromatic heterocycles. The fourth-order valence-corrected chi connectivity index (χ4v) is 2.60. The van der Waals surface area contributed by atoms with Gasteiger partial charge in [-0.1, -0.05) is 6.92 Å². The number of amides is 4. The van der Waals surface area contributed by atoms with E-state index in [4.69, 9.17) is 4.42 Å². The van der Waals surface area contributed by atoms with Crippen molar-refractivity contribution >= 4 is 23.5 Å². The number of benzene rings is 1. The average molecular weight is 357 g/mol. The van der Waals surface area contributed by atoms with Crippen LogP contribution in [0.2, 0.25) is 0 Å². The van der Waals surface area contributed by atoms with Crippen LogP contribution in [0.4, 0.5) is 10.5 Å². The second-order valence-corrected chi connectivity index (χ2v) is 5.75. The van der Waals surface area contributed by atoms with E-state index in [9.17, 15) is 14.4 Å². The molecule has 136 valence electrons. The summed E-state index contributed by atoms with van der Waals surface area (Å²) in [5.41, 5.74) is 1.02. The Hall–Kier alpha value is -3.23. The number of rotatable bonds is 6. The predicted molar refractivity (Wildman–Crippen MR) is 91.4 cm³/mol. The Balaban J connectivity index is 1.71. The molecule has 1 aromatic carbocycles. The molecule has 0 atom stereocenters. The number of aromatic nitrogens is 2. The first-order valence-corrected chi connectivity index (χ1v) is 8.33. The van der Waals surface area contributed by atoms with E-state index in [0.717, 1.165) is 0 Å². The van der Waals surface area contributed by atoms with Crippen molar-refractivity contribution < 1.29 is 18.8 Å². The number of nitrogens with zero attached hydrogens (tertiary/aromatic N) is 4. The molecule has 1 aliphatic heterocycles. The minimum absolute atomic E-state index is 0.0237. The third-order valence-electron chi connectivity index (χ3n) is 4.03. The van der Waals surface area contributed by atoms with Gasteiger partial charge in [0.2, 0.25) is 17.7 Å². The fraction of sp³-hybridized carbons (Fsp3) is 0.353. The van der Waals surface area contributed by atoms with Crippen LogP contribution in [-0.4, -0.2) is 46.0 Å². The third kappa shape index (κ3) is 3.56. The van der Waals surface area contributed by atoms with E-state index in [1.165, 1.54) is 4.90 Å². The lowest BCUT2D eigenvalue weighted by atomic mass is 10.1. The Kier molecular flexibility index (Phi) is 4.97. The molecule has 0 unspecified atom stereocenters. The summed E-state index contributed by atoms with van der Waals surface area (Å²) >= 11 is 0. The average Bonchev–Trinajstić information content (AvgIpc) is 3.24. The first-order chi connectivity index (χ1) is 12.5. The van der Waals surface area contributed by atoms with Crippen molar-refractivity contribution in [3.8, 4) is 0 Å². The van der Waals surface area contributed by atoms with Crippen LogP contribution in [0.3, 0.4) is 0 Å². The van der Waals surface area contributed by atoms with Gasteiger partial charge in [0.25, 0.3) is 5.91 Å². The van der Waals surface area contributed by atoms with Gasteiger partial charge in [-0.15, -0.1) is 10.2 Å². The standard InChI is InChI=1S/C17H19N5O4/c1-3-14-19-20-15(26-14)10-21(4-2)16(24)11-5-7-12(8-6-11)22-9-13(23)18-17(22)25/h5-8H,3-4,9-10H2,1-2H3,(H,18,23,25). The van der Waals surface area contributed by atoms with Gasteiger partial charge in [-0.05, 0) is 31.2 Å². The summed E-state index contributed by atoms with van der Waals surface area (Å²) in [6.45, 7) is 4.46. The van der Waals surface area contributed by atoms with Crippen molar-refractivity contribution in [2.75, 3.05) is 18.0 Å². The second kappa shape index (κ2) is 7.34. The normalized spacial score (nSPS) is 13.8. The molecule has 1 saturated heterocycles. The molecule has 1 aliphatic rings. The molecule has 1 N–H and O–H groups in total. The largest absolute Gasteiger partial charge is 0.423 e. The first-order valence-electron chi connectivity index (χ1n) is 8.33. The number of nitrogens with one attached hydrogen (secondary N) is 1. The topological polar surface area (TPSA) is 109 Å². The van der Waals surface area contributed by atoms with Gasteiger partial charge >= 0.3 is 6.03 Å². The van der Waals surface area contributed by atoms with Crippen LogP contribution >= 0.6 is 0 Å². The van der Waals surface area contributed by atoms with Gasteiger partial charge in [0, 0.05) is 24.2 Å². The van der Waals surface area contributed by atoms with Crippen LogP contribution in [0, 0.1) is 0 Å². The van der Waals surface area contributed by atoms with Gasteiger partial charge in [0.05, 0.1) is 6.54 Å². The lowest BCUT2D eigenvalue weighted by Crippen LogP contribution is -2.31. The number of anilines is 1. The molecule has 9 heteroatoms. The molecule has 0 radical (unpaired) electrons. The molecule has 0 saturated carbocycles. The lowest BCUT2D eigenvalue weighted by molar-refractivity contribution is -0.117. The Morgan fingerprint density at radius 2 is 1.88 bits per heavy atom. The minimum Gasteiger partial charge on any atom is -0.423 e. The zero-order chi connectivity index (χ0) is 18.7. The van der Waals surface area contributed by atoms with E-state index in [2.05, 4.69) is 15.5 Å². The van der Waals surface area contributed by atoms with Gasteiger partial charge in [-0.3, -0.25) is 19.8 Å². The first kappa shape index (κ1) is 17.6. The highest BCUT2D eigenvalue weighted by Crippen LogP contribution is 2.19. The van der Waals surface area contributed by atoms with Crippen molar-refractivity contribution in [2.24, 2.45) is 0 Å². The molecule has 26 heavy (non-hydrogen) atoms. The maximum Gasteiger partial charge on any atom is 0.329 e. The lowest BCUT2D eigenvalue weighted by Gasteiger charge is -2.19. The van der Waals surface area contributed by atoms with E-state index in [-0.39, 0.29) is 24.9 Å². The molecule has 0 spiro atoms. The molecule has 2 heterocycles. The van der Waals surface area contributed by atoms with Crippen LogP contribution < -0.4 is 10.2 Å². The second-order valence-electron chi connectivity index (χ2n) is 5.75. The van der Waals surface area contributed by atoms with Crippen molar-refractivity contribution in [1.82, 2.24) is 20.4 Å². The van der Waals surface area contributed by atoms with Gasteiger partial charge in [-0.2, -0.15) is 0 Å². The Labute approximate surface area is 150 Å². The molecule has 9 nitrogen and oxygen atoms in total. The SMILES string of the molecule is CCc1nnc(CN(CC)C(=O)c2ccc(N3CC(=O)NC3=O)cc2)o1. The van der Waals surface area contributed by atoms with Crippen LogP contribution in [0.5, 0.6) is 0 Å². The van der Waals surface area contributed by atoms with Crippen molar-refractivity contribution in [2.45, 2.75) is 26.8 Å². The van der Waals surface area contributed by atoms with Gasteiger partial charge in [0.15, 0.2) is 0 Å². The van der Waals surface area contributed by atoms with Gasteiger partial charge in [0.1, 0.15) is 6.54 Å². The Bertz CT molecular complexity index is 830. The fourth-order valence-electron chi connectivity index (χ4n) is 2.60. The summed E-state index contributed by atoms with van der Waals surface area (Å²) < 4.78 is 5.46. The molecule has 3 rings (SSSR count). The maximum atomic E-state index is 12.7. The Morgan fingerprint density at radius 3 is 2.42 bits per heavy atom. The summed E-state index contributed by atoms with van der Waals surface area (Å²) in [5.74, 6) is 0.391. The van der Waals surface area contributed by atoms with Crippen LogP contribution in [0.25, 0.3) is 0 Å². The van der Waals surface area contributed by atoms with Gasteiger partial charge in [-0.25, -0.2) is 4.79 Å². The summed E-state index contributed by atoms with van der Waals surface area (Å²) in [6, 6.07) is 6.07. The number of aryl methyl sites for hydroxylation is 1. The number of imide groups is 1. The number of carbonyl (C=O) groups excluding carboxylic acids is 3. The van der Waals surface area contributed by atoms with E-state index >= 15 is 0 Å². The summed E-state index contributed by atoms with van der Waals surface area (Å²) in [4.78, 5) is 38.6. The van der Waals surface area contributed by atoms with E-state index in [1.807, 2.05) is 13.8 Å². The molecular weight excluding hydrogens is 338 g/mol. The van der Waals surface area contributed by atoms with E-state index in [1.54, 1.807) is 29.2 Å². The summed E-state index contributed by atoms with van der Waals surface area (Å²) in [5, 5.41) is 10.1. The molecule has 1 fully saturated rings. The quantitative estimate of drug-likeness (QED) is 0.782. The van der Waals surface area contributed by atoms with Gasteiger partial charge < -0.3 is 9.32 Å². The highest BCUT2D eigenvalue weighted by Gasteiger charge is 2.28. The highest BCUT2D eigenvalue weighted by molar-refractivity contribution is 6.12. The number of urea groups is 1. The molecule has 0 aliphatic carbocycles. The Morgan fingerprint density at radius 1 is 1.19 bits per heavy atom. The monoisotopic (exact) mass is 357 g/mol. The van der Waals surface area contributed by atoms with Crippen molar-refractivity contribution in [3.05, 3.63) is 41.6 Å². The summed E-state index contributed by atoms with van der Waals surface area (Å²) in [7, 11) is 0. The summed E-state index contributed by atoms with van der Waals surface area (Å²) in [6.07, 6.45) is 0.640. The maximum absolute atomic E-state index is 12.7. The van der Waals surface area contributed by atoms with Crippen LogP contribution in [-0.2, 0) is 17.8 Å². The zero-order valence-electron chi connectivity index (χ0n) is 14.6. The number of carbonyl (C=O) groups is 3. The van der Waals surface area contributed by atoms with Crippen molar-refractivity contribution in [1.29, 1.82) is 0 Å². The number of hydrogen-bond acceptors (Lipinski definition) is 6. The van der Waals surface area contributed by atoms with Crippen LogP contribution in [0.15, 0.2) is 28.7 Å². The smallest absolute Gasteiger partial charge is 0.329 e. The van der Waals surface area contributed by atoms with E-state index in [0.29, 0.717) is 36.0 Å². The molecule has 4 amide bonds. The van der Waals surface area contributed by atoms with Crippen molar-refractivity contribution in [3.63, 3.8) is 0 Å².